The lowest BCUT2D eigenvalue weighted by atomic mass is 9.98. The highest BCUT2D eigenvalue weighted by molar-refractivity contribution is 5.96. The number of fused-ring (bicyclic) bond motifs is 2. The maximum Gasteiger partial charge on any atom is 0.257 e. The van der Waals surface area contributed by atoms with Gasteiger partial charge in [0, 0.05) is 59.8 Å². The highest BCUT2D eigenvalue weighted by Crippen LogP contribution is 2.30. The molecule has 5 nitrogen and oxygen atoms in total. The molecule has 160 valence electrons. The highest BCUT2D eigenvalue weighted by Gasteiger charge is 2.31. The van der Waals surface area contributed by atoms with Gasteiger partial charge in [0.25, 0.3) is 5.91 Å². The van der Waals surface area contributed by atoms with Crippen molar-refractivity contribution in [2.45, 2.75) is 39.3 Å². The van der Waals surface area contributed by atoms with Crippen LogP contribution < -0.4 is 5.32 Å². The fraction of sp³-hybridized carbons (Fsp3) is 0.346. The van der Waals surface area contributed by atoms with Crippen LogP contribution in [0.1, 0.15) is 38.7 Å². The highest BCUT2D eigenvalue weighted by atomic mass is 16.2. The number of hydrogen-bond donors (Lipinski definition) is 2. The van der Waals surface area contributed by atoms with Crippen LogP contribution in [-0.2, 0) is 4.79 Å². The number of rotatable bonds is 5. The van der Waals surface area contributed by atoms with E-state index in [1.54, 1.807) is 0 Å². The Balaban J connectivity index is 1.24. The monoisotopic (exact) mass is 414 g/mol. The molecule has 4 heterocycles. The molecule has 0 bridgehead atoms. The molecule has 0 spiro atoms. The Hall–Kier alpha value is -3.05. The van der Waals surface area contributed by atoms with E-state index in [-0.39, 0.29) is 12.1 Å². The Kier molecular flexibility index (Phi) is 5.28. The third-order valence-corrected chi connectivity index (χ3v) is 6.75. The molecule has 0 saturated carbocycles. The van der Waals surface area contributed by atoms with Crippen molar-refractivity contribution in [2.75, 3.05) is 19.6 Å². The van der Waals surface area contributed by atoms with Gasteiger partial charge in [-0.25, -0.2) is 0 Å². The molecular weight excluding hydrogens is 384 g/mol. The second-order valence-corrected chi connectivity index (χ2v) is 8.59. The molecule has 31 heavy (non-hydrogen) atoms. The number of aromatic amines is 1. The lowest BCUT2D eigenvalue weighted by Crippen LogP contribution is -2.50. The minimum atomic E-state index is -0.0483. The van der Waals surface area contributed by atoms with E-state index in [2.05, 4.69) is 70.8 Å². The van der Waals surface area contributed by atoms with Crippen molar-refractivity contribution in [1.29, 1.82) is 0 Å². The molecule has 5 heteroatoms. The van der Waals surface area contributed by atoms with Crippen LogP contribution in [0.5, 0.6) is 0 Å². The molecule has 3 aliphatic heterocycles. The van der Waals surface area contributed by atoms with E-state index in [1.807, 2.05) is 18.0 Å². The maximum atomic E-state index is 13.1. The Bertz CT molecular complexity index is 1130. The van der Waals surface area contributed by atoms with Crippen molar-refractivity contribution in [1.82, 2.24) is 20.1 Å². The summed E-state index contributed by atoms with van der Waals surface area (Å²) in [4.78, 5) is 20.7. The zero-order valence-electron chi connectivity index (χ0n) is 18.3. The number of aromatic nitrogens is 1. The molecule has 1 aromatic heterocycles. The zero-order valence-corrected chi connectivity index (χ0v) is 18.3. The maximum absolute atomic E-state index is 13.1. The number of nitrogens with zero attached hydrogens (tertiary/aromatic N) is 2. The summed E-state index contributed by atoms with van der Waals surface area (Å²) in [5.41, 5.74) is 7.12. The largest absolute Gasteiger partial charge is 0.365 e. The molecule has 2 N–H and O–H groups in total. The summed E-state index contributed by atoms with van der Waals surface area (Å²) in [5.74, 6) is 0.135. The molecule has 0 radical (unpaired) electrons. The SMILES string of the molecule is CCC1=CC2NC(C)=C(CCN3CC=C(c4c[nH]c5ccccc45)CC3)C(=O)N2C=C1. The molecule has 1 atom stereocenters. The minimum Gasteiger partial charge on any atom is -0.365 e. The molecular formula is C26H30N4O. The number of amides is 1. The number of H-pyrrole nitrogens is 1. The van der Waals surface area contributed by atoms with Gasteiger partial charge in [0.05, 0.1) is 0 Å². The number of benzene rings is 1. The normalized spacial score (nSPS) is 21.8. The van der Waals surface area contributed by atoms with Crippen molar-refractivity contribution in [3.05, 3.63) is 77.3 Å². The second-order valence-electron chi connectivity index (χ2n) is 8.59. The van der Waals surface area contributed by atoms with Crippen molar-refractivity contribution < 1.29 is 4.79 Å². The van der Waals surface area contributed by atoms with Gasteiger partial charge >= 0.3 is 0 Å². The van der Waals surface area contributed by atoms with Gasteiger partial charge in [0.1, 0.15) is 6.17 Å². The first-order chi connectivity index (χ1) is 15.1. The van der Waals surface area contributed by atoms with E-state index in [4.69, 9.17) is 0 Å². The Morgan fingerprint density at radius 1 is 1.23 bits per heavy atom. The summed E-state index contributed by atoms with van der Waals surface area (Å²) in [6, 6.07) is 8.48. The summed E-state index contributed by atoms with van der Waals surface area (Å²) in [7, 11) is 0. The Labute approximate surface area is 183 Å². The van der Waals surface area contributed by atoms with Crippen LogP contribution >= 0.6 is 0 Å². The van der Waals surface area contributed by atoms with Crippen molar-refractivity contribution in [3.8, 4) is 0 Å². The van der Waals surface area contributed by atoms with Crippen molar-refractivity contribution >= 4 is 22.4 Å². The molecule has 5 rings (SSSR count). The van der Waals surface area contributed by atoms with Gasteiger partial charge in [-0.3, -0.25) is 14.6 Å². The summed E-state index contributed by atoms with van der Waals surface area (Å²) in [6.45, 7) is 7.02. The smallest absolute Gasteiger partial charge is 0.257 e. The first kappa shape index (κ1) is 19.9. The van der Waals surface area contributed by atoms with Gasteiger partial charge in [0.15, 0.2) is 0 Å². The summed E-state index contributed by atoms with van der Waals surface area (Å²) < 4.78 is 0. The third kappa shape index (κ3) is 3.74. The number of carbonyl (C=O) groups excluding carboxylic acids is 1. The molecule has 2 aromatic rings. The third-order valence-electron chi connectivity index (χ3n) is 6.75. The number of para-hydroxylation sites is 1. The quantitative estimate of drug-likeness (QED) is 0.755. The molecule has 1 unspecified atom stereocenters. The first-order valence-electron chi connectivity index (χ1n) is 11.3. The molecule has 0 fully saturated rings. The van der Waals surface area contributed by atoms with Gasteiger partial charge in [-0.2, -0.15) is 0 Å². The number of allylic oxidation sites excluding steroid dienone is 3. The van der Waals surface area contributed by atoms with Crippen LogP contribution in [0.3, 0.4) is 0 Å². The lowest BCUT2D eigenvalue weighted by Gasteiger charge is -2.37. The number of nitrogens with one attached hydrogen (secondary N) is 2. The van der Waals surface area contributed by atoms with E-state index in [9.17, 15) is 4.79 Å². The second kappa shape index (κ2) is 8.23. The van der Waals surface area contributed by atoms with Crippen LogP contribution in [0.2, 0.25) is 0 Å². The molecule has 1 amide bonds. The van der Waals surface area contributed by atoms with E-state index >= 15 is 0 Å². The van der Waals surface area contributed by atoms with Crippen LogP contribution in [0, 0.1) is 0 Å². The fourth-order valence-corrected chi connectivity index (χ4v) is 4.83. The number of carbonyl (C=O) groups is 1. The van der Waals surface area contributed by atoms with Crippen LogP contribution in [0.4, 0.5) is 0 Å². The molecule has 0 aliphatic carbocycles. The lowest BCUT2D eigenvalue weighted by molar-refractivity contribution is -0.127. The van der Waals surface area contributed by atoms with Gasteiger partial charge in [-0.15, -0.1) is 0 Å². The topological polar surface area (TPSA) is 51.4 Å². The van der Waals surface area contributed by atoms with Crippen LogP contribution in [-0.4, -0.2) is 46.5 Å². The summed E-state index contributed by atoms with van der Waals surface area (Å²) in [6.07, 6.45) is 13.4. The van der Waals surface area contributed by atoms with Crippen LogP contribution in [0.25, 0.3) is 16.5 Å². The fourth-order valence-electron chi connectivity index (χ4n) is 4.83. The zero-order chi connectivity index (χ0) is 21.4. The van der Waals surface area contributed by atoms with Crippen molar-refractivity contribution in [2.24, 2.45) is 0 Å². The van der Waals surface area contributed by atoms with Crippen LogP contribution in [0.15, 0.2) is 71.7 Å². The molecule has 1 aromatic carbocycles. The first-order valence-corrected chi connectivity index (χ1v) is 11.3. The van der Waals surface area contributed by atoms with Gasteiger partial charge in [0.2, 0.25) is 0 Å². The minimum absolute atomic E-state index is 0.0483. The molecule has 3 aliphatic rings. The summed E-state index contributed by atoms with van der Waals surface area (Å²) >= 11 is 0. The van der Waals surface area contributed by atoms with E-state index in [0.717, 1.165) is 50.2 Å². The Morgan fingerprint density at radius 3 is 2.90 bits per heavy atom. The summed E-state index contributed by atoms with van der Waals surface area (Å²) in [5, 5.41) is 4.81. The number of hydrogen-bond acceptors (Lipinski definition) is 3. The average molecular weight is 415 g/mol. The van der Waals surface area contributed by atoms with E-state index in [1.165, 1.54) is 27.6 Å². The van der Waals surface area contributed by atoms with Gasteiger partial charge in [-0.1, -0.05) is 31.2 Å². The predicted octanol–water partition coefficient (Wildman–Crippen LogP) is 4.54. The van der Waals surface area contributed by atoms with Crippen molar-refractivity contribution in [3.63, 3.8) is 0 Å². The van der Waals surface area contributed by atoms with E-state index in [0.29, 0.717) is 0 Å². The average Bonchev–Trinajstić information content (AvgIpc) is 3.23. The Morgan fingerprint density at radius 2 is 2.10 bits per heavy atom. The predicted molar refractivity (Wildman–Crippen MR) is 126 cm³/mol. The molecule has 0 saturated heterocycles. The standard InChI is InChI=1S/C26H30N4O/c1-3-19-8-15-30-25(16-19)28-18(2)21(26(30)31)11-14-29-12-9-20(10-13-29)23-17-27-24-7-5-4-6-22(23)24/h4-9,15-17,25,27-28H,3,10-14H2,1-2H3. The van der Waals surface area contributed by atoms with Gasteiger partial charge < -0.3 is 10.3 Å². The van der Waals surface area contributed by atoms with E-state index < -0.39 is 0 Å². The van der Waals surface area contributed by atoms with Gasteiger partial charge in [-0.05, 0) is 55.6 Å².